The van der Waals surface area contributed by atoms with E-state index in [1.54, 1.807) is 0 Å². The van der Waals surface area contributed by atoms with Gasteiger partial charge in [0.05, 0.1) is 6.61 Å². The third-order valence-electron chi connectivity index (χ3n) is 3.34. The molecule has 96 valence electrons. The molecule has 0 aromatic carbocycles. The molecule has 0 radical (unpaired) electrons. The van der Waals surface area contributed by atoms with Crippen LogP contribution in [0.4, 0.5) is 0 Å². The monoisotopic (exact) mass is 239 g/mol. The molecular formula is C12H21N3O2. The third-order valence-corrected chi connectivity index (χ3v) is 3.34. The lowest BCUT2D eigenvalue weighted by Gasteiger charge is -2.27. The summed E-state index contributed by atoms with van der Waals surface area (Å²) in [5.41, 5.74) is 0. The maximum absolute atomic E-state index is 8.80. The molecule has 1 saturated heterocycles. The minimum Gasteiger partial charge on any atom is -0.396 e. The number of nitrogens with zero attached hydrogens (tertiary/aromatic N) is 3. The molecule has 0 spiro atoms. The molecule has 1 N–H and O–H groups in total. The van der Waals surface area contributed by atoms with E-state index in [0.717, 1.165) is 6.42 Å². The lowest BCUT2D eigenvalue weighted by atomic mass is 10.1. The lowest BCUT2D eigenvalue weighted by Crippen LogP contribution is -2.36. The van der Waals surface area contributed by atoms with Gasteiger partial charge in [0, 0.05) is 24.9 Å². The van der Waals surface area contributed by atoms with Crippen molar-refractivity contribution in [3.63, 3.8) is 0 Å². The third kappa shape index (κ3) is 3.04. The predicted octanol–water partition coefficient (Wildman–Crippen LogP) is 1.02. The molecule has 1 aliphatic heterocycles. The summed E-state index contributed by atoms with van der Waals surface area (Å²) >= 11 is 0. The Labute approximate surface area is 102 Å². The lowest BCUT2D eigenvalue weighted by molar-refractivity contribution is 0.192. The van der Waals surface area contributed by atoms with Crippen LogP contribution in [0.25, 0.3) is 0 Å². The van der Waals surface area contributed by atoms with Crippen LogP contribution in [-0.4, -0.2) is 45.4 Å². The van der Waals surface area contributed by atoms with E-state index in [9.17, 15) is 0 Å². The van der Waals surface area contributed by atoms with Gasteiger partial charge in [0.25, 0.3) is 0 Å². The SMILES string of the molecule is CC(C)N1CCCC1Cc1nc(CCO)no1. The van der Waals surface area contributed by atoms with Crippen molar-refractivity contribution < 1.29 is 9.63 Å². The molecule has 0 amide bonds. The van der Waals surface area contributed by atoms with Gasteiger partial charge in [-0.05, 0) is 33.2 Å². The fourth-order valence-corrected chi connectivity index (χ4v) is 2.53. The fraction of sp³-hybridized carbons (Fsp3) is 0.833. The molecule has 1 aromatic rings. The van der Waals surface area contributed by atoms with Crippen molar-refractivity contribution in [2.75, 3.05) is 13.2 Å². The molecule has 17 heavy (non-hydrogen) atoms. The summed E-state index contributed by atoms with van der Waals surface area (Å²) in [5, 5.41) is 12.7. The van der Waals surface area contributed by atoms with Crippen LogP contribution in [0.15, 0.2) is 4.52 Å². The quantitative estimate of drug-likeness (QED) is 0.831. The number of hydrogen-bond acceptors (Lipinski definition) is 5. The van der Waals surface area contributed by atoms with E-state index in [1.165, 1.54) is 19.4 Å². The zero-order chi connectivity index (χ0) is 12.3. The summed E-state index contributed by atoms with van der Waals surface area (Å²) in [5.74, 6) is 1.31. The van der Waals surface area contributed by atoms with Gasteiger partial charge in [-0.15, -0.1) is 0 Å². The molecule has 2 heterocycles. The molecule has 5 heteroatoms. The number of hydrogen-bond donors (Lipinski definition) is 1. The van der Waals surface area contributed by atoms with Crippen LogP contribution in [0.1, 0.15) is 38.4 Å². The van der Waals surface area contributed by atoms with E-state index >= 15 is 0 Å². The topological polar surface area (TPSA) is 62.4 Å². The number of aromatic nitrogens is 2. The molecule has 5 nitrogen and oxygen atoms in total. The van der Waals surface area contributed by atoms with E-state index in [1.807, 2.05) is 0 Å². The van der Waals surface area contributed by atoms with Crippen molar-refractivity contribution in [3.05, 3.63) is 11.7 Å². The largest absolute Gasteiger partial charge is 0.396 e. The summed E-state index contributed by atoms with van der Waals surface area (Å²) < 4.78 is 5.21. The van der Waals surface area contributed by atoms with E-state index < -0.39 is 0 Å². The molecule has 1 unspecified atom stereocenters. The van der Waals surface area contributed by atoms with Crippen LogP contribution < -0.4 is 0 Å². The number of aliphatic hydroxyl groups excluding tert-OH is 1. The molecule has 0 bridgehead atoms. The van der Waals surface area contributed by atoms with Crippen molar-refractivity contribution in [2.24, 2.45) is 0 Å². The number of aliphatic hydroxyl groups is 1. The Morgan fingerprint density at radius 3 is 3.06 bits per heavy atom. The van der Waals surface area contributed by atoms with Gasteiger partial charge in [-0.3, -0.25) is 4.90 Å². The molecular weight excluding hydrogens is 218 g/mol. The van der Waals surface area contributed by atoms with Gasteiger partial charge in [-0.1, -0.05) is 5.16 Å². The van der Waals surface area contributed by atoms with Gasteiger partial charge in [0.15, 0.2) is 5.82 Å². The number of likely N-dealkylation sites (tertiary alicyclic amines) is 1. The van der Waals surface area contributed by atoms with E-state index in [-0.39, 0.29) is 6.61 Å². The highest BCUT2D eigenvalue weighted by Gasteiger charge is 2.28. The van der Waals surface area contributed by atoms with Crippen molar-refractivity contribution in [3.8, 4) is 0 Å². The summed E-state index contributed by atoms with van der Waals surface area (Å²) in [7, 11) is 0. The summed E-state index contributed by atoms with van der Waals surface area (Å²) in [4.78, 5) is 6.79. The second-order valence-corrected chi connectivity index (χ2v) is 4.91. The minimum atomic E-state index is 0.0700. The molecule has 1 aromatic heterocycles. The summed E-state index contributed by atoms with van der Waals surface area (Å²) in [6.07, 6.45) is 3.76. The van der Waals surface area contributed by atoms with Gasteiger partial charge in [-0.2, -0.15) is 4.98 Å². The van der Waals surface area contributed by atoms with Gasteiger partial charge < -0.3 is 9.63 Å². The zero-order valence-corrected chi connectivity index (χ0v) is 10.6. The van der Waals surface area contributed by atoms with Crippen LogP contribution in [0, 0.1) is 0 Å². The smallest absolute Gasteiger partial charge is 0.228 e. The van der Waals surface area contributed by atoms with Gasteiger partial charge in [-0.25, -0.2) is 0 Å². The minimum absolute atomic E-state index is 0.0700. The molecule has 0 saturated carbocycles. The molecule has 1 atom stereocenters. The van der Waals surface area contributed by atoms with E-state index in [2.05, 4.69) is 28.9 Å². The van der Waals surface area contributed by atoms with Crippen LogP contribution in [0.3, 0.4) is 0 Å². The predicted molar refractivity (Wildman–Crippen MR) is 63.7 cm³/mol. The summed E-state index contributed by atoms with van der Waals surface area (Å²) in [6.45, 7) is 5.69. The average molecular weight is 239 g/mol. The Balaban J connectivity index is 1.95. The Bertz CT molecular complexity index is 351. The van der Waals surface area contributed by atoms with Crippen molar-refractivity contribution >= 4 is 0 Å². The van der Waals surface area contributed by atoms with Crippen LogP contribution in [0.5, 0.6) is 0 Å². The molecule has 0 aliphatic carbocycles. The highest BCUT2D eigenvalue weighted by Crippen LogP contribution is 2.22. The van der Waals surface area contributed by atoms with Crippen LogP contribution >= 0.6 is 0 Å². The summed E-state index contributed by atoms with van der Waals surface area (Å²) in [6, 6.07) is 1.10. The highest BCUT2D eigenvalue weighted by atomic mass is 16.5. The van der Waals surface area contributed by atoms with Crippen molar-refractivity contribution in [1.82, 2.24) is 15.0 Å². The maximum Gasteiger partial charge on any atom is 0.228 e. The van der Waals surface area contributed by atoms with E-state index in [4.69, 9.17) is 9.63 Å². The molecule has 1 fully saturated rings. The zero-order valence-electron chi connectivity index (χ0n) is 10.6. The van der Waals surface area contributed by atoms with Crippen molar-refractivity contribution in [1.29, 1.82) is 0 Å². The highest BCUT2D eigenvalue weighted by molar-refractivity contribution is 4.93. The Hall–Kier alpha value is -0.940. The Morgan fingerprint density at radius 1 is 1.53 bits per heavy atom. The molecule has 1 aliphatic rings. The average Bonchev–Trinajstić information content (AvgIpc) is 2.89. The Morgan fingerprint density at radius 2 is 2.35 bits per heavy atom. The first-order chi connectivity index (χ1) is 8.20. The van der Waals surface area contributed by atoms with Crippen LogP contribution in [-0.2, 0) is 12.8 Å². The first-order valence-corrected chi connectivity index (χ1v) is 6.38. The first-order valence-electron chi connectivity index (χ1n) is 6.38. The van der Waals surface area contributed by atoms with Crippen LogP contribution in [0.2, 0.25) is 0 Å². The molecule has 2 rings (SSSR count). The normalized spacial score (nSPS) is 21.5. The maximum atomic E-state index is 8.80. The Kier molecular flexibility index (Phi) is 4.12. The van der Waals surface area contributed by atoms with Gasteiger partial charge in [0.1, 0.15) is 0 Å². The van der Waals surface area contributed by atoms with Gasteiger partial charge in [0.2, 0.25) is 5.89 Å². The first kappa shape index (κ1) is 12.5. The number of rotatable bonds is 5. The second kappa shape index (κ2) is 5.60. The van der Waals surface area contributed by atoms with E-state index in [0.29, 0.717) is 30.2 Å². The standard InChI is InChI=1S/C12H21N3O2/c1-9(2)15-6-3-4-10(15)8-12-13-11(5-7-16)14-17-12/h9-10,16H,3-8H2,1-2H3. The second-order valence-electron chi connectivity index (χ2n) is 4.91. The van der Waals surface area contributed by atoms with Crippen molar-refractivity contribution in [2.45, 2.75) is 51.6 Å². The van der Waals surface area contributed by atoms with Gasteiger partial charge >= 0.3 is 0 Å². The fourth-order valence-electron chi connectivity index (χ4n) is 2.53.